The van der Waals surface area contributed by atoms with Crippen LogP contribution in [-0.4, -0.2) is 19.1 Å². The van der Waals surface area contributed by atoms with E-state index in [0.717, 1.165) is 18.5 Å². The number of hydrogen-bond donors (Lipinski definition) is 1. The second-order valence-corrected chi connectivity index (χ2v) is 3.94. The lowest BCUT2D eigenvalue weighted by Gasteiger charge is -2.33. The van der Waals surface area contributed by atoms with Crippen LogP contribution in [0.2, 0.25) is 0 Å². The molecule has 0 radical (unpaired) electrons. The Labute approximate surface area is 101 Å². The summed E-state index contributed by atoms with van der Waals surface area (Å²) in [6.07, 6.45) is 0.864. The maximum Gasteiger partial charge on any atom is 0.0464 e. The highest BCUT2D eigenvalue weighted by Crippen LogP contribution is 2.29. The lowest BCUT2D eigenvalue weighted by molar-refractivity contribution is -0.312. The molecular formula is C12H15ClNO2-. The molecule has 0 amide bonds. The number of carboxylic acid groups (broad SMARTS) is 1. The average Bonchev–Trinajstić information content (AvgIpc) is 2.30. The van der Waals surface area contributed by atoms with Gasteiger partial charge in [0.15, 0.2) is 0 Å². The lowest BCUT2D eigenvalue weighted by Crippen LogP contribution is -2.45. The Balaban J connectivity index is 0.00000128. The van der Waals surface area contributed by atoms with E-state index in [-0.39, 0.29) is 18.3 Å². The predicted molar refractivity (Wildman–Crippen MR) is 62.4 cm³/mol. The molecule has 1 aromatic rings. The molecule has 1 aliphatic rings. The summed E-state index contributed by atoms with van der Waals surface area (Å²) in [4.78, 5) is 11.0. The number of carboxylic acids is 1. The van der Waals surface area contributed by atoms with Crippen LogP contribution in [0, 0.1) is 5.92 Å². The van der Waals surface area contributed by atoms with E-state index in [9.17, 15) is 9.90 Å². The van der Waals surface area contributed by atoms with Gasteiger partial charge in [0.2, 0.25) is 0 Å². The van der Waals surface area contributed by atoms with E-state index < -0.39 is 11.9 Å². The number of carbonyl (C=O) groups excluding carboxylic acids is 1. The minimum atomic E-state index is -0.948. The highest BCUT2D eigenvalue weighted by atomic mass is 35.5. The first-order valence-corrected chi connectivity index (χ1v) is 5.25. The molecular weight excluding hydrogens is 226 g/mol. The highest BCUT2D eigenvalue weighted by molar-refractivity contribution is 5.85. The Morgan fingerprint density at radius 1 is 1.31 bits per heavy atom. The van der Waals surface area contributed by atoms with Crippen molar-refractivity contribution < 1.29 is 9.90 Å². The van der Waals surface area contributed by atoms with E-state index in [0.29, 0.717) is 6.54 Å². The van der Waals surface area contributed by atoms with Crippen molar-refractivity contribution in [3.05, 3.63) is 35.9 Å². The molecule has 2 atom stereocenters. The summed E-state index contributed by atoms with van der Waals surface area (Å²) in [7, 11) is 0. The Hall–Kier alpha value is -1.06. The van der Waals surface area contributed by atoms with Crippen LogP contribution < -0.4 is 10.4 Å². The van der Waals surface area contributed by atoms with Gasteiger partial charge in [-0.3, -0.25) is 0 Å². The number of nitrogens with one attached hydrogen (secondary N) is 1. The first kappa shape index (κ1) is 13.0. The van der Waals surface area contributed by atoms with Crippen molar-refractivity contribution >= 4 is 18.4 Å². The third-order valence-electron chi connectivity index (χ3n) is 3.01. The van der Waals surface area contributed by atoms with E-state index >= 15 is 0 Å². The summed E-state index contributed by atoms with van der Waals surface area (Å²) in [6, 6.07) is 9.82. The SMILES string of the molecule is Cl.O=C([O-])C1CNCCC1c1ccccc1. The third-order valence-corrected chi connectivity index (χ3v) is 3.01. The number of rotatable bonds is 2. The molecule has 1 N–H and O–H groups in total. The Bertz CT molecular complexity index is 342. The molecule has 1 aliphatic heterocycles. The first-order chi connectivity index (χ1) is 7.29. The van der Waals surface area contributed by atoms with E-state index in [2.05, 4.69) is 5.32 Å². The Kier molecular flexibility index (Phi) is 4.77. The monoisotopic (exact) mass is 240 g/mol. The molecule has 0 bridgehead atoms. The van der Waals surface area contributed by atoms with Crippen LogP contribution in [0.3, 0.4) is 0 Å². The highest BCUT2D eigenvalue weighted by Gasteiger charge is 2.26. The van der Waals surface area contributed by atoms with Crippen molar-refractivity contribution in [2.45, 2.75) is 12.3 Å². The van der Waals surface area contributed by atoms with Gasteiger partial charge in [-0.05, 0) is 24.4 Å². The fourth-order valence-corrected chi connectivity index (χ4v) is 2.21. The fourth-order valence-electron chi connectivity index (χ4n) is 2.21. The number of halogens is 1. The van der Waals surface area contributed by atoms with Gasteiger partial charge in [0.25, 0.3) is 0 Å². The fraction of sp³-hybridized carbons (Fsp3) is 0.417. The Morgan fingerprint density at radius 2 is 2.00 bits per heavy atom. The van der Waals surface area contributed by atoms with Gasteiger partial charge in [0, 0.05) is 18.4 Å². The molecule has 0 aliphatic carbocycles. The minimum absolute atomic E-state index is 0. The van der Waals surface area contributed by atoms with Crippen LogP contribution in [0.4, 0.5) is 0 Å². The van der Waals surface area contributed by atoms with Crippen molar-refractivity contribution in [3.8, 4) is 0 Å². The maximum atomic E-state index is 11.0. The van der Waals surface area contributed by atoms with Gasteiger partial charge in [-0.25, -0.2) is 0 Å². The zero-order chi connectivity index (χ0) is 10.7. The zero-order valence-corrected chi connectivity index (χ0v) is 9.70. The normalized spacial score (nSPS) is 24.5. The molecule has 1 saturated heterocycles. The predicted octanol–water partition coefficient (Wildman–Crippen LogP) is 0.551. The summed E-state index contributed by atoms with van der Waals surface area (Å²) < 4.78 is 0. The van der Waals surface area contributed by atoms with Crippen LogP contribution in [0.5, 0.6) is 0 Å². The third kappa shape index (κ3) is 2.74. The van der Waals surface area contributed by atoms with Gasteiger partial charge in [-0.15, -0.1) is 12.4 Å². The van der Waals surface area contributed by atoms with E-state index in [1.54, 1.807) is 0 Å². The molecule has 2 rings (SSSR count). The van der Waals surface area contributed by atoms with E-state index in [1.807, 2.05) is 30.3 Å². The molecule has 4 heteroatoms. The molecule has 1 fully saturated rings. The topological polar surface area (TPSA) is 52.2 Å². The number of piperidine rings is 1. The summed E-state index contributed by atoms with van der Waals surface area (Å²) >= 11 is 0. The molecule has 88 valence electrons. The molecule has 2 unspecified atom stereocenters. The number of aliphatic carboxylic acids is 1. The van der Waals surface area contributed by atoms with Crippen molar-refractivity contribution in [2.24, 2.45) is 5.92 Å². The summed E-state index contributed by atoms with van der Waals surface area (Å²) in [5, 5.41) is 14.1. The smallest absolute Gasteiger partial charge is 0.0464 e. The average molecular weight is 241 g/mol. The van der Waals surface area contributed by atoms with Gasteiger partial charge in [-0.1, -0.05) is 30.3 Å². The summed E-state index contributed by atoms with van der Waals surface area (Å²) in [6.45, 7) is 1.39. The molecule has 1 aromatic carbocycles. The molecule has 0 spiro atoms. The van der Waals surface area contributed by atoms with Crippen LogP contribution in [0.15, 0.2) is 30.3 Å². The van der Waals surface area contributed by atoms with Gasteiger partial charge >= 0.3 is 0 Å². The quantitative estimate of drug-likeness (QED) is 0.822. The molecule has 0 saturated carbocycles. The zero-order valence-electron chi connectivity index (χ0n) is 8.89. The molecule has 16 heavy (non-hydrogen) atoms. The van der Waals surface area contributed by atoms with Crippen LogP contribution in [0.25, 0.3) is 0 Å². The van der Waals surface area contributed by atoms with E-state index in [1.165, 1.54) is 0 Å². The minimum Gasteiger partial charge on any atom is -0.550 e. The Morgan fingerprint density at radius 3 is 2.62 bits per heavy atom. The molecule has 1 heterocycles. The molecule has 0 aromatic heterocycles. The van der Waals surface area contributed by atoms with Crippen molar-refractivity contribution in [1.29, 1.82) is 0 Å². The van der Waals surface area contributed by atoms with Crippen molar-refractivity contribution in [2.75, 3.05) is 13.1 Å². The summed E-state index contributed by atoms with van der Waals surface area (Å²) in [5.74, 6) is -1.25. The van der Waals surface area contributed by atoms with E-state index in [4.69, 9.17) is 0 Å². The van der Waals surface area contributed by atoms with Crippen LogP contribution in [0.1, 0.15) is 17.9 Å². The van der Waals surface area contributed by atoms with Crippen molar-refractivity contribution in [3.63, 3.8) is 0 Å². The number of benzene rings is 1. The second kappa shape index (κ2) is 5.87. The largest absolute Gasteiger partial charge is 0.550 e. The first-order valence-electron chi connectivity index (χ1n) is 5.25. The second-order valence-electron chi connectivity index (χ2n) is 3.94. The van der Waals surface area contributed by atoms with Crippen molar-refractivity contribution in [1.82, 2.24) is 5.32 Å². The standard InChI is InChI=1S/C12H15NO2.ClH/c14-12(15)11-8-13-7-6-10(11)9-4-2-1-3-5-9;/h1-5,10-11,13H,6-8H2,(H,14,15);1H/p-1. The van der Waals surface area contributed by atoms with Gasteiger partial charge in [-0.2, -0.15) is 0 Å². The maximum absolute atomic E-state index is 11.0. The summed E-state index contributed by atoms with van der Waals surface area (Å²) in [5.41, 5.74) is 1.10. The van der Waals surface area contributed by atoms with Gasteiger partial charge in [0.05, 0.1) is 0 Å². The van der Waals surface area contributed by atoms with Crippen LogP contribution >= 0.6 is 12.4 Å². The van der Waals surface area contributed by atoms with Gasteiger partial charge in [0.1, 0.15) is 0 Å². The molecule has 3 nitrogen and oxygen atoms in total. The lowest BCUT2D eigenvalue weighted by atomic mass is 9.81. The number of hydrogen-bond acceptors (Lipinski definition) is 3. The number of carbonyl (C=O) groups is 1. The van der Waals surface area contributed by atoms with Gasteiger partial charge < -0.3 is 15.2 Å². The van der Waals surface area contributed by atoms with Crippen LogP contribution in [-0.2, 0) is 4.79 Å².